The molecule has 2 fully saturated rings. The van der Waals surface area contributed by atoms with Gasteiger partial charge in [-0.05, 0) is 49.9 Å². The van der Waals surface area contributed by atoms with E-state index in [-0.39, 0.29) is 6.04 Å². The summed E-state index contributed by atoms with van der Waals surface area (Å²) in [6.07, 6.45) is 7.79. The Bertz CT molecular complexity index is 1250. The SMILES string of the molecule is NC(=O)NC1CC2CCC(C1)N2Cc1coc2cc(Oc3nc4ncccc4s3)ccc12. The first-order valence-corrected chi connectivity index (χ1v) is 11.7. The summed E-state index contributed by atoms with van der Waals surface area (Å²) in [4.78, 5) is 22.5. The van der Waals surface area contributed by atoms with Gasteiger partial charge in [-0.25, -0.2) is 9.78 Å². The fraction of sp³-hybridized carbons (Fsp3) is 0.348. The number of nitrogens with one attached hydrogen (secondary N) is 1. The zero-order valence-corrected chi connectivity index (χ0v) is 18.2. The van der Waals surface area contributed by atoms with E-state index in [1.807, 2.05) is 30.5 Å². The van der Waals surface area contributed by atoms with E-state index >= 15 is 0 Å². The number of pyridine rings is 1. The molecule has 2 aliphatic heterocycles. The summed E-state index contributed by atoms with van der Waals surface area (Å²) in [6, 6.07) is 10.5. The molecular formula is C23H23N5O3S. The maximum Gasteiger partial charge on any atom is 0.312 e. The molecule has 2 saturated heterocycles. The summed E-state index contributed by atoms with van der Waals surface area (Å²) in [5.41, 5.74) is 8.00. The zero-order valence-electron chi connectivity index (χ0n) is 17.4. The highest BCUT2D eigenvalue weighted by Crippen LogP contribution is 2.38. The van der Waals surface area contributed by atoms with E-state index in [4.69, 9.17) is 14.9 Å². The quantitative estimate of drug-likeness (QED) is 0.468. The Morgan fingerprint density at radius 3 is 2.91 bits per heavy atom. The Hall–Kier alpha value is -3.17. The highest BCUT2D eigenvalue weighted by molar-refractivity contribution is 7.20. The van der Waals surface area contributed by atoms with Crippen LogP contribution in [0.25, 0.3) is 21.3 Å². The summed E-state index contributed by atoms with van der Waals surface area (Å²) < 4.78 is 12.8. The molecule has 2 amide bonds. The van der Waals surface area contributed by atoms with Crippen LogP contribution in [0.5, 0.6) is 10.9 Å². The molecule has 4 aromatic rings. The Morgan fingerprint density at radius 1 is 1.28 bits per heavy atom. The lowest BCUT2D eigenvalue weighted by Gasteiger charge is -2.38. The molecule has 3 N–H and O–H groups in total. The van der Waals surface area contributed by atoms with Crippen LogP contribution in [0.4, 0.5) is 4.79 Å². The number of urea groups is 1. The van der Waals surface area contributed by atoms with Crippen LogP contribution in [0.3, 0.4) is 0 Å². The Labute approximate surface area is 188 Å². The van der Waals surface area contributed by atoms with Gasteiger partial charge in [0.2, 0.25) is 0 Å². The molecule has 5 heterocycles. The maximum absolute atomic E-state index is 11.2. The summed E-state index contributed by atoms with van der Waals surface area (Å²) in [7, 11) is 0. The molecule has 0 spiro atoms. The number of carbonyl (C=O) groups excluding carboxylic acids is 1. The molecule has 0 saturated carbocycles. The van der Waals surface area contributed by atoms with Crippen molar-refractivity contribution in [3.8, 4) is 10.9 Å². The number of hydrogen-bond donors (Lipinski definition) is 2. The third-order valence-corrected chi connectivity index (χ3v) is 7.45. The van der Waals surface area contributed by atoms with Crippen molar-refractivity contribution >= 4 is 38.7 Å². The fourth-order valence-corrected chi connectivity index (χ4v) is 5.99. The van der Waals surface area contributed by atoms with Crippen molar-refractivity contribution in [3.05, 3.63) is 48.4 Å². The van der Waals surface area contributed by atoms with Crippen molar-refractivity contribution in [2.75, 3.05) is 0 Å². The number of benzene rings is 1. The highest BCUT2D eigenvalue weighted by Gasteiger charge is 2.41. The molecule has 0 aliphatic carbocycles. The van der Waals surface area contributed by atoms with Gasteiger partial charge in [-0.3, -0.25) is 4.90 Å². The first kappa shape index (κ1) is 19.5. The van der Waals surface area contributed by atoms with E-state index in [0.717, 1.165) is 47.9 Å². The van der Waals surface area contributed by atoms with Gasteiger partial charge in [0.15, 0.2) is 5.65 Å². The number of piperidine rings is 1. The van der Waals surface area contributed by atoms with Crippen molar-refractivity contribution in [2.45, 2.75) is 50.4 Å². The molecule has 0 radical (unpaired) electrons. The number of hydrogen-bond acceptors (Lipinski definition) is 7. The average Bonchev–Trinajstić information content (AvgIpc) is 3.42. The smallest absolute Gasteiger partial charge is 0.312 e. The van der Waals surface area contributed by atoms with Crippen LogP contribution in [0.1, 0.15) is 31.2 Å². The first-order chi connectivity index (χ1) is 15.6. The van der Waals surface area contributed by atoms with Gasteiger partial charge in [-0.1, -0.05) is 11.3 Å². The molecular weight excluding hydrogens is 426 g/mol. The molecule has 2 unspecified atom stereocenters. The lowest BCUT2D eigenvalue weighted by atomic mass is 9.96. The number of primary amides is 1. The van der Waals surface area contributed by atoms with E-state index < -0.39 is 6.03 Å². The molecule has 1 aromatic carbocycles. The van der Waals surface area contributed by atoms with Gasteiger partial charge in [-0.15, -0.1) is 0 Å². The van der Waals surface area contributed by atoms with Gasteiger partial charge in [0, 0.05) is 47.9 Å². The molecule has 164 valence electrons. The van der Waals surface area contributed by atoms with E-state index in [2.05, 4.69) is 26.3 Å². The van der Waals surface area contributed by atoms with E-state index in [1.165, 1.54) is 16.9 Å². The number of aromatic nitrogens is 2. The fourth-order valence-electron chi connectivity index (χ4n) is 5.19. The van der Waals surface area contributed by atoms with Crippen LogP contribution < -0.4 is 15.8 Å². The normalized spacial score (nSPS) is 23.1. The maximum atomic E-state index is 11.2. The molecule has 32 heavy (non-hydrogen) atoms. The number of nitrogens with two attached hydrogens (primary N) is 1. The van der Waals surface area contributed by atoms with Crippen molar-refractivity contribution in [3.63, 3.8) is 0 Å². The number of carbonyl (C=O) groups is 1. The first-order valence-electron chi connectivity index (χ1n) is 10.8. The minimum absolute atomic E-state index is 0.180. The molecule has 3 aromatic heterocycles. The van der Waals surface area contributed by atoms with Crippen molar-refractivity contribution < 1.29 is 13.9 Å². The highest BCUT2D eigenvalue weighted by atomic mass is 32.1. The van der Waals surface area contributed by atoms with Gasteiger partial charge >= 0.3 is 6.03 Å². The largest absolute Gasteiger partial charge is 0.464 e. The lowest BCUT2D eigenvalue weighted by molar-refractivity contribution is 0.112. The molecule has 2 bridgehead atoms. The number of nitrogens with zero attached hydrogens (tertiary/aromatic N) is 3. The Morgan fingerprint density at radius 2 is 2.12 bits per heavy atom. The topological polar surface area (TPSA) is 107 Å². The summed E-state index contributed by atoms with van der Waals surface area (Å²) in [6.45, 7) is 0.843. The van der Waals surface area contributed by atoms with Crippen LogP contribution >= 0.6 is 11.3 Å². The van der Waals surface area contributed by atoms with Gasteiger partial charge < -0.3 is 20.2 Å². The number of rotatable bonds is 5. The van der Waals surface area contributed by atoms with E-state index in [1.54, 1.807) is 6.20 Å². The van der Waals surface area contributed by atoms with Crippen molar-refractivity contribution in [1.82, 2.24) is 20.2 Å². The van der Waals surface area contributed by atoms with Crippen LogP contribution in [0.15, 0.2) is 47.2 Å². The van der Waals surface area contributed by atoms with Gasteiger partial charge in [0.05, 0.1) is 11.0 Å². The van der Waals surface area contributed by atoms with Gasteiger partial charge in [-0.2, -0.15) is 4.98 Å². The second kappa shape index (κ2) is 7.75. The van der Waals surface area contributed by atoms with Crippen LogP contribution in [-0.2, 0) is 6.54 Å². The second-order valence-corrected chi connectivity index (χ2v) is 9.55. The number of fused-ring (bicyclic) bond motifs is 4. The molecule has 8 nitrogen and oxygen atoms in total. The average molecular weight is 450 g/mol. The third kappa shape index (κ3) is 3.57. The monoisotopic (exact) mass is 449 g/mol. The minimum Gasteiger partial charge on any atom is -0.464 e. The van der Waals surface area contributed by atoms with Crippen molar-refractivity contribution in [2.24, 2.45) is 5.73 Å². The Kier molecular flexibility index (Phi) is 4.73. The third-order valence-electron chi connectivity index (χ3n) is 6.56. The number of amides is 2. The molecule has 9 heteroatoms. The number of furan rings is 1. The van der Waals surface area contributed by atoms with Crippen LogP contribution in [-0.4, -0.2) is 39.0 Å². The summed E-state index contributed by atoms with van der Waals surface area (Å²) in [5, 5.41) is 4.56. The zero-order chi connectivity index (χ0) is 21.7. The lowest BCUT2D eigenvalue weighted by Crippen LogP contribution is -2.51. The minimum atomic E-state index is -0.427. The van der Waals surface area contributed by atoms with Gasteiger partial charge in [0.25, 0.3) is 5.19 Å². The Balaban J connectivity index is 1.18. The van der Waals surface area contributed by atoms with Crippen molar-refractivity contribution in [1.29, 1.82) is 0 Å². The number of thiazole rings is 1. The van der Waals surface area contributed by atoms with Gasteiger partial charge in [0.1, 0.15) is 11.3 Å². The molecule has 2 atom stereocenters. The predicted molar refractivity (Wildman–Crippen MR) is 122 cm³/mol. The number of ether oxygens (including phenoxy) is 1. The second-order valence-electron chi connectivity index (χ2n) is 8.56. The van der Waals surface area contributed by atoms with E-state index in [0.29, 0.717) is 28.7 Å². The van der Waals surface area contributed by atoms with Crippen LogP contribution in [0.2, 0.25) is 0 Å². The van der Waals surface area contributed by atoms with E-state index in [9.17, 15) is 4.79 Å². The standard InChI is InChI=1S/C23H23N5O3S/c24-22(29)26-14-8-15-3-4-16(9-14)28(15)11-13-12-30-19-10-17(5-6-18(13)19)31-23-27-21-20(32-23)2-1-7-25-21/h1-2,5-7,10,12,14-16H,3-4,8-9,11H2,(H3,24,26,29). The molecule has 6 rings (SSSR count). The predicted octanol–water partition coefficient (Wildman–Crippen LogP) is 4.39. The summed E-state index contributed by atoms with van der Waals surface area (Å²) in [5.74, 6) is 0.691. The summed E-state index contributed by atoms with van der Waals surface area (Å²) >= 11 is 1.47. The molecule has 2 aliphatic rings. The van der Waals surface area contributed by atoms with Crippen LogP contribution in [0, 0.1) is 0 Å².